The zero-order valence-electron chi connectivity index (χ0n) is 11.7. The van der Waals surface area contributed by atoms with Crippen molar-refractivity contribution in [2.24, 2.45) is 0 Å². The highest BCUT2D eigenvalue weighted by Crippen LogP contribution is 2.21. The molecule has 1 aromatic carbocycles. The van der Waals surface area contributed by atoms with Crippen LogP contribution in [0, 0.1) is 0 Å². The third-order valence-corrected chi connectivity index (χ3v) is 5.65. The Bertz CT molecular complexity index is 782. The van der Waals surface area contributed by atoms with Crippen LogP contribution in [0.1, 0.15) is 22.2 Å². The monoisotopic (exact) mass is 338 g/mol. The molecule has 0 unspecified atom stereocenters. The van der Waals surface area contributed by atoms with Crippen molar-refractivity contribution in [2.75, 3.05) is 0 Å². The van der Waals surface area contributed by atoms with Gasteiger partial charge in [-0.3, -0.25) is 9.59 Å². The highest BCUT2D eigenvalue weighted by molar-refractivity contribution is 7.92. The molecule has 0 saturated heterocycles. The lowest BCUT2D eigenvalue weighted by Gasteiger charge is -2.03. The summed E-state index contributed by atoms with van der Waals surface area (Å²) in [7, 11) is -3.82. The first kappa shape index (κ1) is 16.2. The smallest absolute Gasteiger partial charge is 0.273 e. The Morgan fingerprint density at radius 1 is 1.09 bits per heavy atom. The number of nitrogens with one attached hydrogen (secondary N) is 2. The van der Waals surface area contributed by atoms with E-state index in [0.717, 1.165) is 18.3 Å². The van der Waals surface area contributed by atoms with E-state index in [1.165, 1.54) is 6.07 Å². The van der Waals surface area contributed by atoms with Crippen LogP contribution in [0.15, 0.2) is 46.7 Å². The maximum absolute atomic E-state index is 11.9. The minimum absolute atomic E-state index is 0.0339. The lowest BCUT2D eigenvalue weighted by molar-refractivity contribution is -0.117. The maximum Gasteiger partial charge on any atom is 0.273 e. The molecule has 2 amide bonds. The van der Waals surface area contributed by atoms with Gasteiger partial charge in [-0.05, 0) is 24.3 Å². The molecule has 2 N–H and O–H groups in total. The number of rotatable bonds is 5. The van der Waals surface area contributed by atoms with Crippen molar-refractivity contribution in [1.29, 1.82) is 0 Å². The van der Waals surface area contributed by atoms with E-state index in [1.54, 1.807) is 30.3 Å². The van der Waals surface area contributed by atoms with E-state index in [9.17, 15) is 18.0 Å². The molecule has 2 aromatic rings. The van der Waals surface area contributed by atoms with Crippen LogP contribution in [-0.4, -0.2) is 20.2 Å². The second-order valence-electron chi connectivity index (χ2n) is 4.43. The Kier molecular flexibility index (Phi) is 4.94. The van der Waals surface area contributed by atoms with E-state index in [4.69, 9.17) is 0 Å². The zero-order chi connectivity index (χ0) is 16.2. The number of thiophene rings is 1. The van der Waals surface area contributed by atoms with Gasteiger partial charge in [0.15, 0.2) is 0 Å². The summed E-state index contributed by atoms with van der Waals surface area (Å²) >= 11 is 1.00. The quantitative estimate of drug-likeness (QED) is 0.864. The molecule has 0 aliphatic carbocycles. The largest absolute Gasteiger partial charge is 0.347 e. The summed E-state index contributed by atoms with van der Waals surface area (Å²) < 4.78 is 25.5. The third kappa shape index (κ3) is 4.15. The van der Waals surface area contributed by atoms with Crippen molar-refractivity contribution in [3.8, 4) is 0 Å². The molecule has 22 heavy (non-hydrogen) atoms. The summed E-state index contributed by atoms with van der Waals surface area (Å²) in [6, 6.07) is 11.7. The van der Waals surface area contributed by atoms with Gasteiger partial charge in [-0.15, -0.1) is 11.3 Å². The van der Waals surface area contributed by atoms with E-state index in [0.29, 0.717) is 10.4 Å². The minimum atomic E-state index is -3.82. The molecule has 1 aromatic heterocycles. The first-order chi connectivity index (χ1) is 10.4. The second-order valence-corrected chi connectivity index (χ2v) is 7.51. The minimum Gasteiger partial charge on any atom is -0.347 e. The number of hydrogen-bond donors (Lipinski definition) is 2. The van der Waals surface area contributed by atoms with Gasteiger partial charge < -0.3 is 5.32 Å². The van der Waals surface area contributed by atoms with Crippen LogP contribution in [0.4, 0.5) is 0 Å². The lowest BCUT2D eigenvalue weighted by atomic mass is 10.2. The third-order valence-electron chi connectivity index (χ3n) is 2.64. The van der Waals surface area contributed by atoms with Crippen LogP contribution >= 0.6 is 11.3 Å². The molecule has 0 radical (unpaired) electrons. The Labute approximate surface area is 132 Å². The number of amides is 2. The highest BCUT2D eigenvalue weighted by atomic mass is 32.2. The summed E-state index contributed by atoms with van der Waals surface area (Å²) in [6.45, 7) is 1.35. The molecule has 2 rings (SSSR count). The molecule has 0 bridgehead atoms. The van der Waals surface area contributed by atoms with Crippen LogP contribution in [0.5, 0.6) is 0 Å². The number of carbonyl (C=O) groups is 2. The first-order valence-electron chi connectivity index (χ1n) is 6.34. The van der Waals surface area contributed by atoms with E-state index in [2.05, 4.69) is 5.32 Å². The number of carbonyl (C=O) groups excluding carboxylic acids is 2. The summed E-state index contributed by atoms with van der Waals surface area (Å²) in [5, 5.41) is 2.71. The van der Waals surface area contributed by atoms with Crippen molar-refractivity contribution >= 4 is 33.2 Å². The van der Waals surface area contributed by atoms with Crippen molar-refractivity contribution in [2.45, 2.75) is 17.7 Å². The SMILES string of the molecule is CC(=O)NS(=O)(=O)c1ccc(CNC(=O)c2ccccc2)s1. The first-order valence-corrected chi connectivity index (χ1v) is 8.64. The zero-order valence-corrected chi connectivity index (χ0v) is 13.3. The fourth-order valence-corrected chi connectivity index (χ4v) is 3.98. The Morgan fingerprint density at radius 3 is 2.41 bits per heavy atom. The summed E-state index contributed by atoms with van der Waals surface area (Å²) in [5.74, 6) is -0.882. The van der Waals surface area contributed by atoms with Gasteiger partial charge in [0.2, 0.25) is 5.91 Å². The molecule has 8 heteroatoms. The highest BCUT2D eigenvalue weighted by Gasteiger charge is 2.18. The lowest BCUT2D eigenvalue weighted by Crippen LogP contribution is -2.27. The van der Waals surface area contributed by atoms with Gasteiger partial charge in [0.25, 0.3) is 15.9 Å². The molecule has 6 nitrogen and oxygen atoms in total. The molecule has 1 heterocycles. The predicted octanol–water partition coefficient (Wildman–Crippen LogP) is 1.50. The van der Waals surface area contributed by atoms with E-state index in [-0.39, 0.29) is 16.7 Å². The van der Waals surface area contributed by atoms with Gasteiger partial charge in [-0.1, -0.05) is 18.2 Å². The Morgan fingerprint density at radius 2 is 1.77 bits per heavy atom. The van der Waals surface area contributed by atoms with Gasteiger partial charge >= 0.3 is 0 Å². The molecule has 116 valence electrons. The molecule has 0 spiro atoms. The van der Waals surface area contributed by atoms with E-state index >= 15 is 0 Å². The molecule has 0 atom stereocenters. The maximum atomic E-state index is 11.9. The molecule has 0 aliphatic heterocycles. The van der Waals surface area contributed by atoms with Crippen molar-refractivity contribution < 1.29 is 18.0 Å². The van der Waals surface area contributed by atoms with E-state index in [1.807, 2.05) is 10.8 Å². The van der Waals surface area contributed by atoms with Crippen LogP contribution in [0.2, 0.25) is 0 Å². The molecule has 0 saturated carbocycles. The molecule has 0 fully saturated rings. The van der Waals surface area contributed by atoms with Gasteiger partial charge in [-0.25, -0.2) is 13.1 Å². The van der Waals surface area contributed by atoms with Crippen molar-refractivity contribution in [1.82, 2.24) is 10.0 Å². The number of sulfonamides is 1. The summed E-state index contributed by atoms with van der Waals surface area (Å²) in [4.78, 5) is 23.4. The van der Waals surface area contributed by atoms with Gasteiger partial charge in [0.1, 0.15) is 4.21 Å². The fourth-order valence-electron chi connectivity index (χ4n) is 1.70. The van der Waals surface area contributed by atoms with Crippen LogP contribution in [0.3, 0.4) is 0 Å². The standard InChI is InChI=1S/C14H14N2O4S2/c1-10(17)16-22(19,20)13-8-7-12(21-13)9-15-14(18)11-5-3-2-4-6-11/h2-8H,9H2,1H3,(H,15,18)(H,16,17). The van der Waals surface area contributed by atoms with Gasteiger partial charge in [-0.2, -0.15) is 0 Å². The van der Waals surface area contributed by atoms with Crippen LogP contribution in [0.25, 0.3) is 0 Å². The summed E-state index contributed by atoms with van der Waals surface area (Å²) in [5.41, 5.74) is 0.533. The van der Waals surface area contributed by atoms with Gasteiger partial charge in [0, 0.05) is 17.4 Å². The predicted molar refractivity (Wildman–Crippen MR) is 82.9 cm³/mol. The van der Waals surface area contributed by atoms with Crippen LogP contribution < -0.4 is 10.0 Å². The molecular formula is C14H14N2O4S2. The number of benzene rings is 1. The molecule has 0 aliphatic rings. The number of hydrogen-bond acceptors (Lipinski definition) is 5. The van der Waals surface area contributed by atoms with Crippen molar-refractivity contribution in [3.05, 3.63) is 52.9 Å². The Balaban J connectivity index is 2.01. The topological polar surface area (TPSA) is 92.3 Å². The second kappa shape index (κ2) is 6.71. The normalized spacial score (nSPS) is 11.0. The Hall–Kier alpha value is -2.19. The average Bonchev–Trinajstić information content (AvgIpc) is 2.94. The van der Waals surface area contributed by atoms with Gasteiger partial charge in [0.05, 0.1) is 6.54 Å². The summed E-state index contributed by atoms with van der Waals surface area (Å²) in [6.07, 6.45) is 0. The van der Waals surface area contributed by atoms with E-state index < -0.39 is 15.9 Å². The fraction of sp³-hybridized carbons (Fsp3) is 0.143. The molecular weight excluding hydrogens is 324 g/mol. The van der Waals surface area contributed by atoms with Crippen LogP contribution in [-0.2, 0) is 21.4 Å². The van der Waals surface area contributed by atoms with Crippen molar-refractivity contribution in [3.63, 3.8) is 0 Å². The average molecular weight is 338 g/mol.